The van der Waals surface area contributed by atoms with Crippen LogP contribution in [0.4, 0.5) is 14.5 Å². The van der Waals surface area contributed by atoms with Crippen LogP contribution in [-0.4, -0.2) is 47.0 Å². The summed E-state index contributed by atoms with van der Waals surface area (Å²) in [7, 11) is 0. The number of benzene rings is 1. The van der Waals surface area contributed by atoms with Gasteiger partial charge in [-0.2, -0.15) is 0 Å². The summed E-state index contributed by atoms with van der Waals surface area (Å²) in [4.78, 5) is 22.7. The zero-order valence-corrected chi connectivity index (χ0v) is 9.83. The second-order valence-electron chi connectivity index (χ2n) is 3.64. The number of carbonyl (C=O) groups is 1. The number of aliphatic hydroxyl groups excluding tert-OH is 1. The molecular weight excluding hydrogens is 262 g/mol. The van der Waals surface area contributed by atoms with E-state index in [2.05, 4.69) is 0 Å². The van der Waals surface area contributed by atoms with Gasteiger partial charge in [-0.25, -0.2) is 8.78 Å². The third-order valence-electron chi connectivity index (χ3n) is 2.35. The third kappa shape index (κ3) is 3.95. The van der Waals surface area contributed by atoms with Crippen LogP contribution in [0, 0.1) is 10.1 Å². The van der Waals surface area contributed by atoms with Crippen molar-refractivity contribution in [2.75, 3.05) is 19.7 Å². The van der Waals surface area contributed by atoms with Crippen LogP contribution in [0.1, 0.15) is 10.4 Å². The standard InChI is InChI=1S/C11H12F2N2O4/c12-10(13)7-14(5-6-16)11(17)8-3-1-2-4-9(8)15(18)19/h1-4,10,16H,5-7H2. The molecule has 0 spiro atoms. The minimum Gasteiger partial charge on any atom is -0.395 e. The van der Waals surface area contributed by atoms with Crippen molar-refractivity contribution in [2.45, 2.75) is 6.43 Å². The van der Waals surface area contributed by atoms with Crippen molar-refractivity contribution >= 4 is 11.6 Å². The van der Waals surface area contributed by atoms with Crippen molar-refractivity contribution in [1.82, 2.24) is 4.90 Å². The maximum absolute atomic E-state index is 12.3. The number of nitrogens with zero attached hydrogens (tertiary/aromatic N) is 2. The van der Waals surface area contributed by atoms with Gasteiger partial charge in [0.15, 0.2) is 0 Å². The molecule has 0 saturated carbocycles. The van der Waals surface area contributed by atoms with Gasteiger partial charge in [-0.3, -0.25) is 14.9 Å². The van der Waals surface area contributed by atoms with Crippen LogP contribution >= 0.6 is 0 Å². The summed E-state index contributed by atoms with van der Waals surface area (Å²) in [5.41, 5.74) is -0.730. The maximum Gasteiger partial charge on any atom is 0.282 e. The summed E-state index contributed by atoms with van der Waals surface area (Å²) < 4.78 is 24.7. The Morgan fingerprint density at radius 2 is 2.05 bits per heavy atom. The molecule has 0 aliphatic carbocycles. The molecule has 0 radical (unpaired) electrons. The largest absolute Gasteiger partial charge is 0.395 e. The van der Waals surface area contributed by atoms with Crippen molar-refractivity contribution < 1.29 is 23.6 Å². The highest BCUT2D eigenvalue weighted by atomic mass is 19.3. The molecule has 1 amide bonds. The predicted molar refractivity (Wildman–Crippen MR) is 62.1 cm³/mol. The average molecular weight is 274 g/mol. The van der Waals surface area contributed by atoms with Crippen LogP contribution in [-0.2, 0) is 0 Å². The van der Waals surface area contributed by atoms with Gasteiger partial charge < -0.3 is 10.0 Å². The lowest BCUT2D eigenvalue weighted by Gasteiger charge is -2.21. The lowest BCUT2D eigenvalue weighted by Crippen LogP contribution is -2.37. The molecule has 0 bridgehead atoms. The van der Waals surface area contributed by atoms with E-state index in [1.54, 1.807) is 0 Å². The van der Waals surface area contributed by atoms with Crippen molar-refractivity contribution in [2.24, 2.45) is 0 Å². The Morgan fingerprint density at radius 1 is 1.42 bits per heavy atom. The number of aliphatic hydroxyl groups is 1. The van der Waals surface area contributed by atoms with Crippen LogP contribution in [0.5, 0.6) is 0 Å². The summed E-state index contributed by atoms with van der Waals surface area (Å²) >= 11 is 0. The molecule has 1 rings (SSSR count). The van der Waals surface area contributed by atoms with E-state index in [0.717, 1.165) is 6.07 Å². The fraction of sp³-hybridized carbons (Fsp3) is 0.364. The van der Waals surface area contributed by atoms with Gasteiger partial charge in [-0.1, -0.05) is 12.1 Å². The van der Waals surface area contributed by atoms with Gasteiger partial charge in [0.1, 0.15) is 5.56 Å². The van der Waals surface area contributed by atoms with Crippen molar-refractivity contribution in [3.63, 3.8) is 0 Å². The first kappa shape index (κ1) is 15.0. The van der Waals surface area contributed by atoms with E-state index in [1.165, 1.54) is 18.2 Å². The quantitative estimate of drug-likeness (QED) is 0.626. The highest BCUT2D eigenvalue weighted by molar-refractivity contribution is 5.98. The lowest BCUT2D eigenvalue weighted by molar-refractivity contribution is -0.385. The van der Waals surface area contributed by atoms with E-state index >= 15 is 0 Å². The first-order chi connectivity index (χ1) is 8.97. The molecule has 0 unspecified atom stereocenters. The Morgan fingerprint density at radius 3 is 2.58 bits per heavy atom. The van der Waals surface area contributed by atoms with Crippen LogP contribution < -0.4 is 0 Å². The van der Waals surface area contributed by atoms with Gasteiger partial charge in [-0.05, 0) is 6.07 Å². The Kier molecular flexibility index (Phi) is 5.31. The van der Waals surface area contributed by atoms with Crippen LogP contribution in [0.15, 0.2) is 24.3 Å². The molecule has 104 valence electrons. The van der Waals surface area contributed by atoms with Gasteiger partial charge in [0, 0.05) is 12.6 Å². The SMILES string of the molecule is O=C(c1ccccc1[N+](=O)[O-])N(CCO)CC(F)F. The normalized spacial score (nSPS) is 10.5. The maximum atomic E-state index is 12.3. The van der Waals surface area contributed by atoms with Crippen molar-refractivity contribution in [1.29, 1.82) is 0 Å². The van der Waals surface area contributed by atoms with Crippen molar-refractivity contribution in [3.8, 4) is 0 Å². The number of hydrogen-bond acceptors (Lipinski definition) is 4. The Labute approximate surface area is 107 Å². The van der Waals surface area contributed by atoms with Crippen molar-refractivity contribution in [3.05, 3.63) is 39.9 Å². The second kappa shape index (κ2) is 6.74. The summed E-state index contributed by atoms with van der Waals surface area (Å²) in [5, 5.41) is 19.5. The number of hydrogen-bond donors (Lipinski definition) is 1. The molecule has 0 atom stereocenters. The number of para-hydroxylation sites is 1. The van der Waals surface area contributed by atoms with Gasteiger partial charge >= 0.3 is 0 Å². The predicted octanol–water partition coefficient (Wildman–Crippen LogP) is 1.29. The smallest absolute Gasteiger partial charge is 0.282 e. The molecule has 0 aromatic heterocycles. The van der Waals surface area contributed by atoms with E-state index in [1.807, 2.05) is 0 Å². The lowest BCUT2D eigenvalue weighted by atomic mass is 10.1. The molecule has 1 aromatic rings. The molecule has 1 aromatic carbocycles. The molecule has 0 fully saturated rings. The van der Waals surface area contributed by atoms with Gasteiger partial charge in [0.2, 0.25) is 0 Å². The zero-order chi connectivity index (χ0) is 14.4. The van der Waals surface area contributed by atoms with Gasteiger partial charge in [0.05, 0.1) is 18.1 Å². The average Bonchev–Trinajstić information content (AvgIpc) is 2.37. The van der Waals surface area contributed by atoms with Crippen LogP contribution in [0.25, 0.3) is 0 Å². The fourth-order valence-electron chi connectivity index (χ4n) is 1.55. The molecule has 0 aliphatic heterocycles. The molecule has 6 nitrogen and oxygen atoms in total. The number of halogens is 2. The van der Waals surface area contributed by atoms with E-state index < -0.39 is 36.1 Å². The molecule has 0 heterocycles. The van der Waals surface area contributed by atoms with Gasteiger partial charge in [0.25, 0.3) is 18.0 Å². The number of nitro groups is 1. The number of alkyl halides is 2. The Bertz CT molecular complexity index is 468. The number of rotatable bonds is 6. The number of nitro benzene ring substituents is 1. The number of amides is 1. The Hall–Kier alpha value is -2.09. The van der Waals surface area contributed by atoms with E-state index in [-0.39, 0.29) is 12.1 Å². The third-order valence-corrected chi connectivity index (χ3v) is 2.35. The highest BCUT2D eigenvalue weighted by Crippen LogP contribution is 2.19. The topological polar surface area (TPSA) is 83.7 Å². The first-order valence-corrected chi connectivity index (χ1v) is 5.39. The van der Waals surface area contributed by atoms with E-state index in [9.17, 15) is 23.7 Å². The fourth-order valence-corrected chi connectivity index (χ4v) is 1.55. The molecule has 8 heteroatoms. The molecule has 0 saturated heterocycles. The molecule has 0 aliphatic rings. The minimum atomic E-state index is -2.78. The van der Waals surface area contributed by atoms with Crippen LogP contribution in [0.3, 0.4) is 0 Å². The molecule has 19 heavy (non-hydrogen) atoms. The number of carbonyl (C=O) groups excluding carboxylic acids is 1. The summed E-state index contributed by atoms with van der Waals surface area (Å²) in [5.74, 6) is -0.901. The second-order valence-corrected chi connectivity index (χ2v) is 3.64. The molecular formula is C11H12F2N2O4. The first-order valence-electron chi connectivity index (χ1n) is 5.39. The van der Waals surface area contributed by atoms with Gasteiger partial charge in [-0.15, -0.1) is 0 Å². The van der Waals surface area contributed by atoms with E-state index in [4.69, 9.17) is 5.11 Å². The Balaban J connectivity index is 3.05. The monoisotopic (exact) mass is 274 g/mol. The summed E-state index contributed by atoms with van der Waals surface area (Å²) in [6.07, 6.45) is -2.78. The van der Waals surface area contributed by atoms with Crippen LogP contribution in [0.2, 0.25) is 0 Å². The summed E-state index contributed by atoms with van der Waals surface area (Å²) in [6, 6.07) is 5.08. The summed E-state index contributed by atoms with van der Waals surface area (Å²) in [6.45, 7) is -1.69. The zero-order valence-electron chi connectivity index (χ0n) is 9.83. The minimum absolute atomic E-state index is 0.276. The van der Waals surface area contributed by atoms with E-state index in [0.29, 0.717) is 4.90 Å². The molecule has 1 N–H and O–H groups in total. The highest BCUT2D eigenvalue weighted by Gasteiger charge is 2.25.